The summed E-state index contributed by atoms with van der Waals surface area (Å²) in [5.74, 6) is -0.336. The van der Waals surface area contributed by atoms with Gasteiger partial charge in [0.15, 0.2) is 5.06 Å². The smallest absolute Gasteiger partial charge is 0.399 e. The van der Waals surface area contributed by atoms with Gasteiger partial charge in [0.2, 0.25) is 0 Å². The number of nitrogens with one attached hydrogen (secondary N) is 1. The molecule has 2 aromatic rings. The number of benzene rings is 1. The van der Waals surface area contributed by atoms with Gasteiger partial charge in [-0.2, -0.15) is 0 Å². The number of nitrogens with zero attached hydrogens (tertiary/aromatic N) is 2. The van der Waals surface area contributed by atoms with Gasteiger partial charge < -0.3 is 25.0 Å². The molecule has 2 atom stereocenters. The van der Waals surface area contributed by atoms with Gasteiger partial charge >= 0.3 is 6.09 Å². The average molecular weight is 450 g/mol. The maximum Gasteiger partial charge on any atom is 0.413 e. The lowest BCUT2D eigenvalue weighted by atomic mass is 9.97. The highest BCUT2D eigenvalue weighted by Gasteiger charge is 2.36. The van der Waals surface area contributed by atoms with Crippen LogP contribution in [0.1, 0.15) is 21.5 Å². The zero-order chi connectivity index (χ0) is 21.3. The van der Waals surface area contributed by atoms with Gasteiger partial charge in [-0.1, -0.05) is 29.0 Å². The van der Waals surface area contributed by atoms with Crippen molar-refractivity contribution >= 4 is 34.9 Å². The Morgan fingerprint density at radius 3 is 2.83 bits per heavy atom. The second-order valence-corrected chi connectivity index (χ2v) is 9.50. The van der Waals surface area contributed by atoms with E-state index in [9.17, 15) is 14.7 Å². The number of likely N-dealkylation sites (tertiary alicyclic amines) is 1. The third-order valence-electron chi connectivity index (χ3n) is 5.66. The molecule has 1 aromatic carbocycles. The van der Waals surface area contributed by atoms with Crippen LogP contribution in [0, 0.1) is 5.92 Å². The summed E-state index contributed by atoms with van der Waals surface area (Å²) in [6.45, 7) is 2.44. The number of likely N-dealkylation sites (N-methyl/N-ethyl adjacent to an activating group) is 1. The third kappa shape index (κ3) is 4.62. The van der Waals surface area contributed by atoms with Crippen LogP contribution in [0.5, 0.6) is 5.06 Å². The number of thiophene rings is 1. The number of hydrogen-bond donors (Lipinski definition) is 2. The van der Waals surface area contributed by atoms with Crippen LogP contribution in [0.2, 0.25) is 4.34 Å². The minimum Gasteiger partial charge on any atom is -0.399 e. The van der Waals surface area contributed by atoms with Crippen molar-refractivity contribution in [1.82, 2.24) is 15.1 Å². The van der Waals surface area contributed by atoms with Crippen molar-refractivity contribution in [3.05, 3.63) is 51.4 Å². The predicted molar refractivity (Wildman–Crippen MR) is 115 cm³/mol. The number of carbonyl (C=O) groups is 2. The molecule has 2 aliphatic heterocycles. The van der Waals surface area contributed by atoms with E-state index >= 15 is 0 Å². The number of fused-ring (bicyclic) bond motifs is 1. The van der Waals surface area contributed by atoms with Crippen molar-refractivity contribution in [3.63, 3.8) is 0 Å². The van der Waals surface area contributed by atoms with Crippen LogP contribution < -0.4 is 10.1 Å². The van der Waals surface area contributed by atoms with Gasteiger partial charge in [0.1, 0.15) is 0 Å². The monoisotopic (exact) mass is 449 g/mol. The van der Waals surface area contributed by atoms with Crippen molar-refractivity contribution in [2.45, 2.75) is 19.0 Å². The van der Waals surface area contributed by atoms with Crippen LogP contribution in [0.3, 0.4) is 0 Å². The van der Waals surface area contributed by atoms with E-state index in [4.69, 9.17) is 16.3 Å². The van der Waals surface area contributed by atoms with E-state index in [0.29, 0.717) is 28.1 Å². The molecule has 0 spiro atoms. The third-order valence-corrected chi connectivity index (χ3v) is 6.77. The average Bonchev–Trinajstić information content (AvgIpc) is 3.32. The van der Waals surface area contributed by atoms with E-state index < -0.39 is 6.09 Å². The first-order chi connectivity index (χ1) is 14.4. The standard InChI is InChI=1S/C21H24ClN3O4S/c1-24-7-6-13-8-14(2-3-15(13)9-24)20(27)25-10-16(12-26)17(11-25)23-21(28)29-19-5-4-18(22)30-19/h2-5,8,16-17,26H,6-7,9-12H2,1H3,(H,23,28). The second kappa shape index (κ2) is 8.93. The number of ether oxygens (including phenoxy) is 1. The Labute approximate surface area is 184 Å². The number of carbonyl (C=O) groups excluding carboxylic acids is 2. The Kier molecular flexibility index (Phi) is 6.29. The molecule has 2 aliphatic rings. The highest BCUT2D eigenvalue weighted by atomic mass is 35.5. The van der Waals surface area contributed by atoms with Crippen molar-refractivity contribution in [2.24, 2.45) is 5.92 Å². The predicted octanol–water partition coefficient (Wildman–Crippen LogP) is 2.61. The number of halogens is 1. The first-order valence-electron chi connectivity index (χ1n) is 9.87. The number of amides is 2. The fraction of sp³-hybridized carbons (Fsp3) is 0.429. The molecule has 2 amide bonds. The van der Waals surface area contributed by atoms with Crippen LogP contribution >= 0.6 is 22.9 Å². The molecule has 1 aromatic heterocycles. The minimum atomic E-state index is -0.621. The maximum absolute atomic E-state index is 13.1. The molecule has 1 fully saturated rings. The van der Waals surface area contributed by atoms with Gasteiger partial charge in [0.05, 0.1) is 10.4 Å². The summed E-state index contributed by atoms with van der Waals surface area (Å²) >= 11 is 7.01. The molecule has 0 radical (unpaired) electrons. The summed E-state index contributed by atoms with van der Waals surface area (Å²) in [6.07, 6.45) is 0.304. The van der Waals surface area contributed by atoms with Crippen LogP contribution in [-0.2, 0) is 13.0 Å². The molecule has 0 bridgehead atoms. The summed E-state index contributed by atoms with van der Waals surface area (Å²) in [5, 5.41) is 12.9. The molecule has 2 unspecified atom stereocenters. The number of aliphatic hydroxyl groups is 1. The summed E-state index contributed by atoms with van der Waals surface area (Å²) in [7, 11) is 2.09. The van der Waals surface area contributed by atoms with Gasteiger partial charge in [-0.15, -0.1) is 0 Å². The fourth-order valence-electron chi connectivity index (χ4n) is 4.02. The first-order valence-corrected chi connectivity index (χ1v) is 11.1. The number of rotatable bonds is 4. The van der Waals surface area contributed by atoms with Crippen molar-refractivity contribution < 1.29 is 19.4 Å². The van der Waals surface area contributed by atoms with E-state index in [1.165, 1.54) is 11.1 Å². The largest absolute Gasteiger partial charge is 0.413 e. The van der Waals surface area contributed by atoms with Gasteiger partial charge in [-0.05, 0) is 48.9 Å². The minimum absolute atomic E-state index is 0.0853. The van der Waals surface area contributed by atoms with Gasteiger partial charge in [-0.3, -0.25) is 4.79 Å². The van der Waals surface area contributed by atoms with Crippen LogP contribution in [0.4, 0.5) is 4.79 Å². The number of aliphatic hydroxyl groups excluding tert-OH is 1. The SMILES string of the molecule is CN1CCc2cc(C(=O)N3CC(CO)C(NC(=O)Oc4ccc(Cl)s4)C3)ccc2C1. The van der Waals surface area contributed by atoms with E-state index in [1.54, 1.807) is 17.0 Å². The quantitative estimate of drug-likeness (QED) is 0.749. The Balaban J connectivity index is 1.40. The van der Waals surface area contributed by atoms with Gasteiger partial charge in [0.25, 0.3) is 5.91 Å². The highest BCUT2D eigenvalue weighted by molar-refractivity contribution is 7.17. The number of hydrogen-bond acceptors (Lipinski definition) is 6. The Morgan fingerprint density at radius 1 is 1.27 bits per heavy atom. The highest BCUT2D eigenvalue weighted by Crippen LogP contribution is 2.28. The lowest BCUT2D eigenvalue weighted by Gasteiger charge is -2.25. The Hall–Kier alpha value is -2.13. The molecule has 2 N–H and O–H groups in total. The van der Waals surface area contributed by atoms with Crippen LogP contribution in [-0.4, -0.2) is 66.2 Å². The molecule has 3 heterocycles. The summed E-state index contributed by atoms with van der Waals surface area (Å²) in [5.41, 5.74) is 3.11. The summed E-state index contributed by atoms with van der Waals surface area (Å²) in [6, 6.07) is 8.76. The normalized spacial score (nSPS) is 21.4. The van der Waals surface area contributed by atoms with Gasteiger partial charge in [-0.25, -0.2) is 4.79 Å². The van der Waals surface area contributed by atoms with Crippen molar-refractivity contribution in [1.29, 1.82) is 0 Å². The molecule has 7 nitrogen and oxygen atoms in total. The lowest BCUT2D eigenvalue weighted by Crippen LogP contribution is -2.43. The molecule has 0 aliphatic carbocycles. The van der Waals surface area contributed by atoms with Crippen LogP contribution in [0.15, 0.2) is 30.3 Å². The first kappa shape index (κ1) is 21.1. The summed E-state index contributed by atoms with van der Waals surface area (Å²) < 4.78 is 5.76. The molecule has 160 valence electrons. The maximum atomic E-state index is 13.1. The summed E-state index contributed by atoms with van der Waals surface area (Å²) in [4.78, 5) is 29.2. The molecular formula is C21H24ClN3O4S. The molecule has 1 saturated heterocycles. The van der Waals surface area contributed by atoms with E-state index in [2.05, 4.69) is 17.3 Å². The van der Waals surface area contributed by atoms with E-state index in [0.717, 1.165) is 30.8 Å². The van der Waals surface area contributed by atoms with Crippen LogP contribution in [0.25, 0.3) is 0 Å². The van der Waals surface area contributed by atoms with Gasteiger partial charge in [0, 0.05) is 44.3 Å². The zero-order valence-electron chi connectivity index (χ0n) is 16.6. The molecule has 9 heteroatoms. The Morgan fingerprint density at radius 2 is 2.10 bits per heavy atom. The topological polar surface area (TPSA) is 82.1 Å². The molecule has 0 saturated carbocycles. The molecule has 30 heavy (non-hydrogen) atoms. The Bertz CT molecular complexity index is 950. The fourth-order valence-corrected chi connectivity index (χ4v) is 4.89. The lowest BCUT2D eigenvalue weighted by molar-refractivity contribution is 0.0780. The zero-order valence-corrected chi connectivity index (χ0v) is 18.2. The molecular weight excluding hydrogens is 426 g/mol. The van der Waals surface area contributed by atoms with Crippen molar-refractivity contribution in [3.8, 4) is 5.06 Å². The van der Waals surface area contributed by atoms with E-state index in [-0.39, 0.29) is 24.5 Å². The van der Waals surface area contributed by atoms with Crippen molar-refractivity contribution in [2.75, 3.05) is 33.3 Å². The second-order valence-electron chi connectivity index (χ2n) is 7.82. The molecule has 4 rings (SSSR count). The van der Waals surface area contributed by atoms with E-state index in [1.807, 2.05) is 18.2 Å².